The van der Waals surface area contributed by atoms with E-state index in [1.54, 1.807) is 12.3 Å². The Kier molecular flexibility index (Phi) is 4.74. The molecule has 1 atom stereocenters. The summed E-state index contributed by atoms with van der Waals surface area (Å²) in [5.41, 5.74) is 0.643. The first-order chi connectivity index (χ1) is 9.22. The highest BCUT2D eigenvalue weighted by atomic mass is 16.5. The summed E-state index contributed by atoms with van der Waals surface area (Å²) in [6, 6.07) is 3.80. The van der Waals surface area contributed by atoms with Crippen LogP contribution in [0.1, 0.15) is 30.6 Å². The molecular weight excluding hydrogens is 242 g/mol. The predicted octanol–water partition coefficient (Wildman–Crippen LogP) is 1.45. The van der Waals surface area contributed by atoms with E-state index >= 15 is 0 Å². The molecule has 2 heterocycles. The highest BCUT2D eigenvalue weighted by molar-refractivity contribution is 5.99. The molecule has 1 aromatic rings. The first-order valence-corrected chi connectivity index (χ1v) is 6.81. The maximum absolute atomic E-state index is 12.3. The second-order valence-corrected chi connectivity index (χ2v) is 4.76. The van der Waals surface area contributed by atoms with E-state index in [4.69, 9.17) is 4.74 Å². The largest absolute Gasteiger partial charge is 0.378 e. The number of hydrogen-bond donors (Lipinski definition) is 1. The van der Waals surface area contributed by atoms with Gasteiger partial charge in [0.25, 0.3) is 5.91 Å². The SMILES string of the molecule is CCC(C)NC(=O)c1cccnc1N1CCOCC1. The summed E-state index contributed by atoms with van der Waals surface area (Å²) in [6.07, 6.45) is 2.64. The first kappa shape index (κ1) is 13.8. The van der Waals surface area contributed by atoms with Gasteiger partial charge in [-0.15, -0.1) is 0 Å². The average molecular weight is 263 g/mol. The number of rotatable bonds is 4. The van der Waals surface area contributed by atoms with E-state index in [2.05, 4.69) is 22.1 Å². The van der Waals surface area contributed by atoms with Crippen LogP contribution in [0.25, 0.3) is 0 Å². The van der Waals surface area contributed by atoms with Crippen molar-refractivity contribution in [3.63, 3.8) is 0 Å². The normalized spacial score (nSPS) is 17.1. The zero-order valence-electron chi connectivity index (χ0n) is 11.6. The fourth-order valence-electron chi connectivity index (χ4n) is 2.00. The molecule has 2 rings (SSSR count). The number of carbonyl (C=O) groups is 1. The van der Waals surface area contributed by atoms with Gasteiger partial charge in [0.15, 0.2) is 0 Å². The average Bonchev–Trinajstić information content (AvgIpc) is 2.48. The number of morpholine rings is 1. The second-order valence-electron chi connectivity index (χ2n) is 4.76. The van der Waals surface area contributed by atoms with E-state index in [-0.39, 0.29) is 11.9 Å². The summed E-state index contributed by atoms with van der Waals surface area (Å²) >= 11 is 0. The van der Waals surface area contributed by atoms with E-state index in [0.717, 1.165) is 25.3 Å². The maximum Gasteiger partial charge on any atom is 0.255 e. The number of carbonyl (C=O) groups excluding carboxylic acids is 1. The molecule has 0 aromatic carbocycles. The second kappa shape index (κ2) is 6.52. The summed E-state index contributed by atoms with van der Waals surface area (Å²) in [5.74, 6) is 0.704. The van der Waals surface area contributed by atoms with Crippen LogP contribution in [0.15, 0.2) is 18.3 Å². The van der Waals surface area contributed by atoms with Gasteiger partial charge in [-0.25, -0.2) is 4.98 Å². The Morgan fingerprint density at radius 2 is 2.26 bits per heavy atom. The van der Waals surface area contributed by atoms with Crippen LogP contribution in [-0.2, 0) is 4.74 Å². The molecule has 0 saturated carbocycles. The Balaban J connectivity index is 2.17. The lowest BCUT2D eigenvalue weighted by Gasteiger charge is -2.29. The molecule has 19 heavy (non-hydrogen) atoms. The smallest absolute Gasteiger partial charge is 0.255 e. The number of pyridine rings is 1. The van der Waals surface area contributed by atoms with Crippen LogP contribution < -0.4 is 10.2 Å². The number of hydrogen-bond acceptors (Lipinski definition) is 4. The Bertz CT molecular complexity index is 430. The first-order valence-electron chi connectivity index (χ1n) is 6.81. The van der Waals surface area contributed by atoms with Crippen LogP contribution in [0, 0.1) is 0 Å². The minimum absolute atomic E-state index is 0.0519. The van der Waals surface area contributed by atoms with Crippen molar-refractivity contribution in [2.45, 2.75) is 26.3 Å². The zero-order chi connectivity index (χ0) is 13.7. The van der Waals surface area contributed by atoms with Crippen molar-refractivity contribution in [2.24, 2.45) is 0 Å². The van der Waals surface area contributed by atoms with E-state index in [1.807, 2.05) is 13.0 Å². The van der Waals surface area contributed by atoms with Crippen molar-refractivity contribution < 1.29 is 9.53 Å². The highest BCUT2D eigenvalue weighted by Crippen LogP contribution is 2.18. The van der Waals surface area contributed by atoms with E-state index in [1.165, 1.54) is 0 Å². The van der Waals surface area contributed by atoms with Gasteiger partial charge in [0.1, 0.15) is 5.82 Å². The van der Waals surface area contributed by atoms with Gasteiger partial charge in [0.2, 0.25) is 0 Å². The molecule has 1 aromatic heterocycles. The summed E-state index contributed by atoms with van der Waals surface area (Å²) in [5, 5.41) is 2.99. The van der Waals surface area contributed by atoms with Gasteiger partial charge in [-0.3, -0.25) is 4.79 Å². The van der Waals surface area contributed by atoms with E-state index in [9.17, 15) is 4.79 Å². The molecule has 1 saturated heterocycles. The molecule has 1 unspecified atom stereocenters. The quantitative estimate of drug-likeness (QED) is 0.893. The minimum Gasteiger partial charge on any atom is -0.378 e. The Morgan fingerprint density at radius 1 is 1.53 bits per heavy atom. The number of aromatic nitrogens is 1. The number of ether oxygens (including phenoxy) is 1. The van der Waals surface area contributed by atoms with Gasteiger partial charge in [-0.1, -0.05) is 6.92 Å². The fourth-order valence-corrected chi connectivity index (χ4v) is 2.00. The summed E-state index contributed by atoms with van der Waals surface area (Å²) < 4.78 is 5.33. The fraction of sp³-hybridized carbons (Fsp3) is 0.571. The molecule has 5 heteroatoms. The van der Waals surface area contributed by atoms with Crippen molar-refractivity contribution in [3.8, 4) is 0 Å². The standard InChI is InChI=1S/C14H21N3O2/c1-3-11(2)16-14(18)12-5-4-6-15-13(12)17-7-9-19-10-8-17/h4-6,11H,3,7-10H2,1-2H3,(H,16,18). The van der Waals surface area contributed by atoms with Gasteiger partial charge >= 0.3 is 0 Å². The summed E-state index contributed by atoms with van der Waals surface area (Å²) in [6.45, 7) is 6.98. The van der Waals surface area contributed by atoms with Crippen molar-refractivity contribution in [1.29, 1.82) is 0 Å². The molecule has 1 fully saturated rings. The number of anilines is 1. The Morgan fingerprint density at radius 3 is 2.95 bits per heavy atom. The molecule has 1 N–H and O–H groups in total. The summed E-state index contributed by atoms with van der Waals surface area (Å²) in [4.78, 5) is 18.7. The van der Waals surface area contributed by atoms with Crippen LogP contribution in [0.2, 0.25) is 0 Å². The van der Waals surface area contributed by atoms with Gasteiger partial charge in [-0.2, -0.15) is 0 Å². The van der Waals surface area contributed by atoms with Crippen LogP contribution in [-0.4, -0.2) is 43.2 Å². The highest BCUT2D eigenvalue weighted by Gasteiger charge is 2.20. The van der Waals surface area contributed by atoms with Crippen LogP contribution >= 0.6 is 0 Å². The van der Waals surface area contributed by atoms with Crippen molar-refractivity contribution in [1.82, 2.24) is 10.3 Å². The van der Waals surface area contributed by atoms with Gasteiger partial charge < -0.3 is 15.0 Å². The lowest BCUT2D eigenvalue weighted by molar-refractivity contribution is 0.0937. The molecule has 0 radical (unpaired) electrons. The topological polar surface area (TPSA) is 54.5 Å². The molecule has 0 spiro atoms. The van der Waals surface area contributed by atoms with Crippen LogP contribution in [0.5, 0.6) is 0 Å². The monoisotopic (exact) mass is 263 g/mol. The van der Waals surface area contributed by atoms with Crippen LogP contribution in [0.4, 0.5) is 5.82 Å². The molecule has 1 aliphatic rings. The van der Waals surface area contributed by atoms with E-state index < -0.39 is 0 Å². The molecule has 0 bridgehead atoms. The molecule has 0 aliphatic carbocycles. The molecular formula is C14H21N3O2. The summed E-state index contributed by atoms with van der Waals surface area (Å²) in [7, 11) is 0. The minimum atomic E-state index is -0.0519. The van der Waals surface area contributed by atoms with Crippen molar-refractivity contribution in [2.75, 3.05) is 31.2 Å². The zero-order valence-corrected chi connectivity index (χ0v) is 11.6. The predicted molar refractivity (Wildman–Crippen MR) is 74.5 cm³/mol. The molecule has 104 valence electrons. The number of amides is 1. The van der Waals surface area contributed by atoms with Gasteiger partial charge in [-0.05, 0) is 25.5 Å². The van der Waals surface area contributed by atoms with E-state index in [0.29, 0.717) is 18.8 Å². The lowest BCUT2D eigenvalue weighted by Crippen LogP contribution is -2.39. The Labute approximate surface area is 114 Å². The third kappa shape index (κ3) is 3.44. The molecule has 5 nitrogen and oxygen atoms in total. The third-order valence-corrected chi connectivity index (χ3v) is 3.33. The third-order valence-electron chi connectivity index (χ3n) is 3.33. The van der Waals surface area contributed by atoms with Crippen molar-refractivity contribution in [3.05, 3.63) is 23.9 Å². The van der Waals surface area contributed by atoms with Gasteiger partial charge in [0.05, 0.1) is 18.8 Å². The van der Waals surface area contributed by atoms with Gasteiger partial charge in [0, 0.05) is 25.3 Å². The van der Waals surface area contributed by atoms with Crippen molar-refractivity contribution >= 4 is 11.7 Å². The maximum atomic E-state index is 12.3. The Hall–Kier alpha value is -1.62. The van der Waals surface area contributed by atoms with Crippen LogP contribution in [0.3, 0.4) is 0 Å². The number of nitrogens with one attached hydrogen (secondary N) is 1. The lowest BCUT2D eigenvalue weighted by atomic mass is 10.2. The number of nitrogens with zero attached hydrogens (tertiary/aromatic N) is 2. The molecule has 1 amide bonds. The molecule has 1 aliphatic heterocycles.